The molecule has 0 aromatic carbocycles. The number of nitrogens with one attached hydrogen (secondary N) is 1. The SMILES string of the molecule is CC(C)NCC1COCCN1CCCS(C)(=O)=O. The Morgan fingerprint density at radius 3 is 2.78 bits per heavy atom. The van der Waals surface area contributed by atoms with Gasteiger partial charge in [0.2, 0.25) is 0 Å². The summed E-state index contributed by atoms with van der Waals surface area (Å²) in [5.74, 6) is 0.273. The first kappa shape index (κ1) is 15.9. The van der Waals surface area contributed by atoms with Crippen molar-refractivity contribution < 1.29 is 13.2 Å². The van der Waals surface area contributed by atoms with E-state index in [0.29, 0.717) is 18.5 Å². The zero-order chi connectivity index (χ0) is 13.6. The maximum atomic E-state index is 11.1. The first-order valence-corrected chi connectivity index (χ1v) is 8.67. The third kappa shape index (κ3) is 6.68. The number of rotatable bonds is 7. The van der Waals surface area contributed by atoms with Crippen molar-refractivity contribution in [1.82, 2.24) is 10.2 Å². The monoisotopic (exact) mass is 278 g/mol. The van der Waals surface area contributed by atoms with Crippen LogP contribution >= 0.6 is 0 Å². The molecular formula is C12H26N2O3S. The lowest BCUT2D eigenvalue weighted by molar-refractivity contribution is -0.00707. The van der Waals surface area contributed by atoms with Gasteiger partial charge in [-0.25, -0.2) is 8.42 Å². The number of morpholine rings is 1. The van der Waals surface area contributed by atoms with E-state index in [0.717, 1.165) is 32.8 Å². The van der Waals surface area contributed by atoms with Crippen LogP contribution < -0.4 is 5.32 Å². The average molecular weight is 278 g/mol. The molecule has 1 atom stereocenters. The first-order chi connectivity index (χ1) is 8.38. The highest BCUT2D eigenvalue weighted by Gasteiger charge is 2.22. The van der Waals surface area contributed by atoms with Gasteiger partial charge >= 0.3 is 0 Å². The van der Waals surface area contributed by atoms with Crippen LogP contribution in [0.2, 0.25) is 0 Å². The smallest absolute Gasteiger partial charge is 0.147 e. The number of ether oxygens (including phenoxy) is 1. The van der Waals surface area contributed by atoms with E-state index < -0.39 is 9.84 Å². The Bertz CT molecular complexity index is 330. The van der Waals surface area contributed by atoms with Gasteiger partial charge in [-0.15, -0.1) is 0 Å². The molecule has 1 N–H and O–H groups in total. The topological polar surface area (TPSA) is 58.6 Å². The van der Waals surface area contributed by atoms with E-state index in [1.165, 1.54) is 6.26 Å². The van der Waals surface area contributed by atoms with E-state index in [1.807, 2.05) is 0 Å². The molecule has 1 unspecified atom stereocenters. The Morgan fingerprint density at radius 1 is 1.44 bits per heavy atom. The molecule has 1 fully saturated rings. The molecule has 108 valence electrons. The maximum absolute atomic E-state index is 11.1. The second-order valence-electron chi connectivity index (χ2n) is 5.31. The molecule has 0 spiro atoms. The molecule has 0 aromatic heterocycles. The minimum Gasteiger partial charge on any atom is -0.378 e. The van der Waals surface area contributed by atoms with Gasteiger partial charge in [0.15, 0.2) is 0 Å². The standard InChI is InChI=1S/C12H26N2O3S/c1-11(2)13-9-12-10-17-7-6-14(12)5-4-8-18(3,15)16/h11-13H,4-10H2,1-3H3. The molecule has 1 aliphatic heterocycles. The van der Waals surface area contributed by atoms with Crippen LogP contribution in [0.1, 0.15) is 20.3 Å². The summed E-state index contributed by atoms with van der Waals surface area (Å²) in [6.45, 7) is 8.36. The van der Waals surface area contributed by atoms with E-state index in [9.17, 15) is 8.42 Å². The van der Waals surface area contributed by atoms with Gasteiger partial charge in [0, 0.05) is 31.4 Å². The largest absolute Gasteiger partial charge is 0.378 e. The normalized spacial score (nSPS) is 22.6. The second kappa shape index (κ2) is 7.43. The fourth-order valence-corrected chi connectivity index (χ4v) is 2.73. The van der Waals surface area contributed by atoms with Crippen LogP contribution in [0.3, 0.4) is 0 Å². The molecule has 18 heavy (non-hydrogen) atoms. The van der Waals surface area contributed by atoms with Gasteiger partial charge in [0.05, 0.1) is 19.0 Å². The van der Waals surface area contributed by atoms with Crippen molar-refractivity contribution in [2.45, 2.75) is 32.4 Å². The summed E-state index contributed by atoms with van der Waals surface area (Å²) in [6.07, 6.45) is 2.00. The molecule has 0 amide bonds. The summed E-state index contributed by atoms with van der Waals surface area (Å²) < 4.78 is 27.7. The van der Waals surface area contributed by atoms with E-state index >= 15 is 0 Å². The van der Waals surface area contributed by atoms with Crippen LogP contribution in [-0.2, 0) is 14.6 Å². The zero-order valence-corrected chi connectivity index (χ0v) is 12.5. The van der Waals surface area contributed by atoms with Gasteiger partial charge < -0.3 is 10.1 Å². The van der Waals surface area contributed by atoms with Crippen LogP contribution in [0, 0.1) is 0 Å². The quantitative estimate of drug-likeness (QED) is 0.717. The van der Waals surface area contributed by atoms with Crippen molar-refractivity contribution in [1.29, 1.82) is 0 Å². The van der Waals surface area contributed by atoms with Crippen molar-refractivity contribution in [3.63, 3.8) is 0 Å². The molecule has 0 saturated carbocycles. The molecule has 1 aliphatic rings. The van der Waals surface area contributed by atoms with Gasteiger partial charge in [0.25, 0.3) is 0 Å². The Hall–Kier alpha value is -0.170. The molecule has 1 heterocycles. The summed E-state index contributed by atoms with van der Waals surface area (Å²) in [4.78, 5) is 2.34. The van der Waals surface area contributed by atoms with Gasteiger partial charge in [-0.05, 0) is 13.0 Å². The Morgan fingerprint density at radius 2 is 2.17 bits per heavy atom. The fourth-order valence-electron chi connectivity index (χ4n) is 2.07. The van der Waals surface area contributed by atoms with Crippen LogP contribution in [-0.4, -0.2) is 70.3 Å². The van der Waals surface area contributed by atoms with E-state index in [2.05, 4.69) is 24.1 Å². The highest BCUT2D eigenvalue weighted by atomic mass is 32.2. The Balaban J connectivity index is 2.34. The summed E-state index contributed by atoms with van der Waals surface area (Å²) in [5.41, 5.74) is 0. The highest BCUT2D eigenvalue weighted by molar-refractivity contribution is 7.90. The van der Waals surface area contributed by atoms with Gasteiger partial charge in [-0.3, -0.25) is 4.90 Å². The number of nitrogens with zero attached hydrogens (tertiary/aromatic N) is 1. The lowest BCUT2D eigenvalue weighted by Crippen LogP contribution is -2.51. The minimum absolute atomic E-state index is 0.273. The summed E-state index contributed by atoms with van der Waals surface area (Å²) in [7, 11) is -2.84. The second-order valence-corrected chi connectivity index (χ2v) is 7.57. The molecule has 0 bridgehead atoms. The van der Waals surface area contributed by atoms with Crippen LogP contribution in [0.25, 0.3) is 0 Å². The molecule has 0 aliphatic carbocycles. The van der Waals surface area contributed by atoms with Gasteiger partial charge in [0.1, 0.15) is 9.84 Å². The van der Waals surface area contributed by atoms with Crippen LogP contribution in [0.5, 0.6) is 0 Å². The molecule has 5 nitrogen and oxygen atoms in total. The summed E-state index contributed by atoms with van der Waals surface area (Å²) in [6, 6.07) is 0.825. The van der Waals surface area contributed by atoms with Crippen LogP contribution in [0.15, 0.2) is 0 Å². The lowest BCUT2D eigenvalue weighted by atomic mass is 10.2. The molecule has 1 rings (SSSR count). The van der Waals surface area contributed by atoms with Gasteiger partial charge in [-0.1, -0.05) is 13.8 Å². The maximum Gasteiger partial charge on any atom is 0.147 e. The predicted molar refractivity (Wildman–Crippen MR) is 73.6 cm³/mol. The summed E-state index contributed by atoms with van der Waals surface area (Å²) in [5, 5.41) is 3.41. The van der Waals surface area contributed by atoms with Crippen molar-refractivity contribution in [2.24, 2.45) is 0 Å². The third-order valence-electron chi connectivity index (χ3n) is 3.07. The van der Waals surface area contributed by atoms with E-state index in [4.69, 9.17) is 4.74 Å². The highest BCUT2D eigenvalue weighted by Crippen LogP contribution is 2.07. The number of hydrogen-bond donors (Lipinski definition) is 1. The third-order valence-corrected chi connectivity index (χ3v) is 4.10. The average Bonchev–Trinajstić information content (AvgIpc) is 2.26. The molecule has 0 radical (unpaired) electrons. The Labute approximate surface area is 111 Å². The van der Waals surface area contributed by atoms with Crippen molar-refractivity contribution >= 4 is 9.84 Å². The number of hydrogen-bond acceptors (Lipinski definition) is 5. The van der Waals surface area contributed by atoms with Crippen LogP contribution in [0.4, 0.5) is 0 Å². The molecular weight excluding hydrogens is 252 g/mol. The number of sulfone groups is 1. The first-order valence-electron chi connectivity index (χ1n) is 6.61. The summed E-state index contributed by atoms with van der Waals surface area (Å²) >= 11 is 0. The van der Waals surface area contributed by atoms with E-state index in [-0.39, 0.29) is 5.75 Å². The minimum atomic E-state index is -2.84. The predicted octanol–water partition coefficient (Wildman–Crippen LogP) is 0.120. The van der Waals surface area contributed by atoms with Crippen molar-refractivity contribution in [3.8, 4) is 0 Å². The molecule has 1 saturated heterocycles. The lowest BCUT2D eigenvalue weighted by Gasteiger charge is -2.36. The van der Waals surface area contributed by atoms with Crippen molar-refractivity contribution in [3.05, 3.63) is 0 Å². The Kier molecular flexibility index (Phi) is 6.55. The zero-order valence-electron chi connectivity index (χ0n) is 11.7. The van der Waals surface area contributed by atoms with E-state index in [1.54, 1.807) is 0 Å². The van der Waals surface area contributed by atoms with Crippen molar-refractivity contribution in [2.75, 3.05) is 44.9 Å². The van der Waals surface area contributed by atoms with Gasteiger partial charge in [-0.2, -0.15) is 0 Å². The fraction of sp³-hybridized carbons (Fsp3) is 1.00. The molecule has 6 heteroatoms. The molecule has 0 aromatic rings.